The van der Waals surface area contributed by atoms with E-state index in [4.69, 9.17) is 11.5 Å². The fourth-order valence-electron chi connectivity index (χ4n) is 1.54. The highest BCUT2D eigenvalue weighted by Crippen LogP contribution is 2.17. The number of nitro groups is 1. The minimum Gasteiger partial charge on any atom is -0.384 e. The zero-order valence-electron chi connectivity index (χ0n) is 11.0. The van der Waals surface area contributed by atoms with Crippen LogP contribution in [0.4, 0.5) is 5.69 Å². The Morgan fingerprint density at radius 3 is 1.84 bits per heavy atom. The van der Waals surface area contributed by atoms with Crippen LogP contribution in [0, 0.1) is 10.1 Å². The Labute approximate surface area is 111 Å². The van der Waals surface area contributed by atoms with Crippen molar-refractivity contribution in [2.24, 2.45) is 21.5 Å². The van der Waals surface area contributed by atoms with Crippen molar-refractivity contribution in [2.75, 3.05) is 13.1 Å². The summed E-state index contributed by atoms with van der Waals surface area (Å²) in [7, 11) is 0. The van der Waals surface area contributed by atoms with Crippen molar-refractivity contribution in [3.8, 4) is 0 Å². The lowest BCUT2D eigenvalue weighted by atomic mass is 10.1. The quantitative estimate of drug-likeness (QED) is 0.357. The van der Waals surface area contributed by atoms with E-state index in [1.807, 2.05) is 13.8 Å². The van der Waals surface area contributed by atoms with Crippen molar-refractivity contribution in [2.45, 2.75) is 13.8 Å². The summed E-state index contributed by atoms with van der Waals surface area (Å²) in [5, 5.41) is 10.9. The zero-order chi connectivity index (χ0) is 14.4. The number of benzene rings is 1. The van der Waals surface area contributed by atoms with E-state index in [0.717, 1.165) is 0 Å². The molecule has 7 heteroatoms. The van der Waals surface area contributed by atoms with Crippen LogP contribution < -0.4 is 11.5 Å². The predicted octanol–water partition coefficient (Wildman–Crippen LogP) is 1.05. The molecule has 0 aliphatic rings. The lowest BCUT2D eigenvalue weighted by Crippen LogP contribution is -2.18. The molecule has 0 aromatic heterocycles. The van der Waals surface area contributed by atoms with Gasteiger partial charge in [0, 0.05) is 36.3 Å². The topological polar surface area (TPSA) is 120 Å². The first-order valence-electron chi connectivity index (χ1n) is 5.89. The summed E-state index contributed by atoms with van der Waals surface area (Å²) in [6.07, 6.45) is 0. The van der Waals surface area contributed by atoms with Crippen LogP contribution in [-0.4, -0.2) is 29.7 Å². The van der Waals surface area contributed by atoms with Crippen LogP contribution in [0.2, 0.25) is 0 Å². The van der Waals surface area contributed by atoms with E-state index >= 15 is 0 Å². The molecule has 0 radical (unpaired) electrons. The molecule has 4 N–H and O–H groups in total. The number of hydrogen-bond acceptors (Lipinski definition) is 4. The first-order valence-corrected chi connectivity index (χ1v) is 5.89. The lowest BCUT2D eigenvalue weighted by molar-refractivity contribution is -0.384. The number of rotatable bonds is 5. The Hall–Kier alpha value is -2.44. The first-order chi connectivity index (χ1) is 8.99. The molecule has 1 rings (SSSR count). The van der Waals surface area contributed by atoms with Gasteiger partial charge >= 0.3 is 0 Å². The van der Waals surface area contributed by atoms with Gasteiger partial charge in [0.1, 0.15) is 11.7 Å². The molecule has 0 amide bonds. The van der Waals surface area contributed by atoms with Gasteiger partial charge in [0.05, 0.1) is 4.92 Å². The smallest absolute Gasteiger partial charge is 0.270 e. The Morgan fingerprint density at radius 1 is 1.11 bits per heavy atom. The molecule has 0 heterocycles. The molecule has 0 spiro atoms. The van der Waals surface area contributed by atoms with Crippen LogP contribution in [0.25, 0.3) is 0 Å². The third-order valence-corrected chi connectivity index (χ3v) is 2.38. The van der Waals surface area contributed by atoms with Crippen molar-refractivity contribution in [1.29, 1.82) is 0 Å². The average Bonchev–Trinajstić information content (AvgIpc) is 2.38. The van der Waals surface area contributed by atoms with Gasteiger partial charge in [0.15, 0.2) is 0 Å². The monoisotopic (exact) mass is 263 g/mol. The Bertz CT molecular complexity index is 499. The fourth-order valence-corrected chi connectivity index (χ4v) is 1.54. The molecule has 102 valence electrons. The highest BCUT2D eigenvalue weighted by atomic mass is 16.6. The van der Waals surface area contributed by atoms with Gasteiger partial charge in [0.2, 0.25) is 0 Å². The molecule has 1 aromatic carbocycles. The molecule has 0 bridgehead atoms. The predicted molar refractivity (Wildman–Crippen MR) is 75.6 cm³/mol. The van der Waals surface area contributed by atoms with Gasteiger partial charge in [-0.2, -0.15) is 0 Å². The molecular formula is C12H17N5O2. The molecule has 0 saturated carbocycles. The highest BCUT2D eigenvalue weighted by Gasteiger charge is 2.13. The van der Waals surface area contributed by atoms with Crippen LogP contribution in [-0.2, 0) is 0 Å². The van der Waals surface area contributed by atoms with Gasteiger partial charge in [-0.1, -0.05) is 0 Å². The van der Waals surface area contributed by atoms with E-state index in [-0.39, 0.29) is 17.4 Å². The van der Waals surface area contributed by atoms with Gasteiger partial charge in [-0.3, -0.25) is 20.1 Å². The van der Waals surface area contributed by atoms with E-state index in [0.29, 0.717) is 24.2 Å². The van der Waals surface area contributed by atoms with Crippen molar-refractivity contribution in [3.63, 3.8) is 0 Å². The maximum atomic E-state index is 10.9. The van der Waals surface area contributed by atoms with Gasteiger partial charge in [0.25, 0.3) is 5.69 Å². The summed E-state index contributed by atoms with van der Waals surface area (Å²) in [6, 6.07) is 4.39. The largest absolute Gasteiger partial charge is 0.384 e. The van der Waals surface area contributed by atoms with Gasteiger partial charge in [-0.05, 0) is 19.9 Å². The van der Waals surface area contributed by atoms with Crippen molar-refractivity contribution in [1.82, 2.24) is 0 Å². The Kier molecular flexibility index (Phi) is 4.99. The number of hydrogen-bond donors (Lipinski definition) is 2. The second-order valence-corrected chi connectivity index (χ2v) is 3.74. The SMILES string of the molecule is CCN=C(N)c1cc(C(N)=NCC)cc([N+](=O)[O-])c1. The van der Waals surface area contributed by atoms with Crippen LogP contribution in [0.15, 0.2) is 28.2 Å². The molecule has 19 heavy (non-hydrogen) atoms. The normalized spacial score (nSPS) is 12.5. The maximum Gasteiger partial charge on any atom is 0.270 e. The van der Waals surface area contributed by atoms with Gasteiger partial charge < -0.3 is 11.5 Å². The summed E-state index contributed by atoms with van der Waals surface area (Å²) in [4.78, 5) is 18.5. The van der Waals surface area contributed by atoms with Crippen LogP contribution in [0.3, 0.4) is 0 Å². The molecule has 0 aliphatic carbocycles. The van der Waals surface area contributed by atoms with Gasteiger partial charge in [-0.25, -0.2) is 0 Å². The lowest BCUT2D eigenvalue weighted by Gasteiger charge is -2.05. The third kappa shape index (κ3) is 3.77. The number of amidine groups is 2. The summed E-state index contributed by atoms with van der Waals surface area (Å²) < 4.78 is 0. The van der Waals surface area contributed by atoms with Crippen molar-refractivity contribution in [3.05, 3.63) is 39.4 Å². The van der Waals surface area contributed by atoms with Gasteiger partial charge in [-0.15, -0.1) is 0 Å². The Balaban J connectivity index is 3.38. The third-order valence-electron chi connectivity index (χ3n) is 2.38. The summed E-state index contributed by atoms with van der Waals surface area (Å²) >= 11 is 0. The van der Waals surface area contributed by atoms with Crippen LogP contribution in [0.1, 0.15) is 25.0 Å². The molecule has 0 aliphatic heterocycles. The molecule has 0 fully saturated rings. The minimum absolute atomic E-state index is 0.0870. The van der Waals surface area contributed by atoms with E-state index < -0.39 is 4.92 Å². The van der Waals surface area contributed by atoms with E-state index in [1.54, 1.807) is 6.07 Å². The number of aliphatic imine (C=N–C) groups is 2. The van der Waals surface area contributed by atoms with E-state index in [1.165, 1.54) is 12.1 Å². The number of nitrogens with two attached hydrogens (primary N) is 2. The molecular weight excluding hydrogens is 246 g/mol. The molecule has 0 atom stereocenters. The molecule has 0 unspecified atom stereocenters. The Morgan fingerprint density at radius 2 is 1.53 bits per heavy atom. The average molecular weight is 263 g/mol. The second kappa shape index (κ2) is 6.48. The first kappa shape index (κ1) is 14.6. The highest BCUT2D eigenvalue weighted by molar-refractivity contribution is 6.03. The number of nitro benzene ring substituents is 1. The van der Waals surface area contributed by atoms with Crippen molar-refractivity contribution >= 4 is 17.4 Å². The van der Waals surface area contributed by atoms with Crippen LogP contribution >= 0.6 is 0 Å². The molecule has 0 saturated heterocycles. The standard InChI is InChI=1S/C12H17N5O2/c1-3-15-11(13)8-5-9(12(14)16-4-2)7-10(6-8)17(18)19/h5-7H,3-4H2,1-2H3,(H2,13,15)(H2,14,16). The summed E-state index contributed by atoms with van der Waals surface area (Å²) in [5.41, 5.74) is 12.4. The van der Waals surface area contributed by atoms with Crippen molar-refractivity contribution < 1.29 is 4.92 Å². The summed E-state index contributed by atoms with van der Waals surface area (Å²) in [5.74, 6) is 0.494. The maximum absolute atomic E-state index is 10.9. The second-order valence-electron chi connectivity index (χ2n) is 3.74. The van der Waals surface area contributed by atoms with Crippen LogP contribution in [0.5, 0.6) is 0 Å². The molecule has 1 aromatic rings. The van der Waals surface area contributed by atoms with E-state index in [9.17, 15) is 10.1 Å². The number of nitrogens with zero attached hydrogens (tertiary/aromatic N) is 3. The summed E-state index contributed by atoms with van der Waals surface area (Å²) in [6.45, 7) is 4.67. The molecule has 7 nitrogen and oxygen atoms in total. The van der Waals surface area contributed by atoms with E-state index in [2.05, 4.69) is 9.98 Å². The minimum atomic E-state index is -0.495. The number of non-ortho nitro benzene ring substituents is 1. The zero-order valence-corrected chi connectivity index (χ0v) is 11.0. The fraction of sp³-hybridized carbons (Fsp3) is 0.333.